The number of carbonyl (C=O) groups is 1. The Morgan fingerprint density at radius 1 is 1.43 bits per heavy atom. The van der Waals surface area contributed by atoms with Crippen molar-refractivity contribution in [2.45, 2.75) is 36.7 Å². The second-order valence-electron chi connectivity index (χ2n) is 5.91. The maximum Gasteiger partial charge on any atom is 0.244 e. The Bertz CT molecular complexity index is 528. The van der Waals surface area contributed by atoms with Crippen molar-refractivity contribution in [1.82, 2.24) is 10.2 Å². The molecule has 1 saturated heterocycles. The third kappa shape index (κ3) is 2.64. The molecule has 2 aliphatic rings. The van der Waals surface area contributed by atoms with E-state index in [0.29, 0.717) is 5.25 Å². The largest absolute Gasteiger partial charge is 0.497 e. The van der Waals surface area contributed by atoms with Crippen LogP contribution in [-0.2, 0) is 4.79 Å². The van der Waals surface area contributed by atoms with Crippen molar-refractivity contribution in [3.8, 4) is 5.75 Å². The van der Waals surface area contributed by atoms with E-state index < -0.39 is 0 Å². The first-order valence-corrected chi connectivity index (χ1v) is 8.64. The highest BCUT2D eigenvalue weighted by atomic mass is 32.2. The number of rotatable bonds is 5. The fourth-order valence-electron chi connectivity index (χ4n) is 2.87. The van der Waals surface area contributed by atoms with E-state index in [1.54, 1.807) is 18.9 Å². The SMILES string of the molecule is COc1ccc(C2NC3(CC3)C(=O)N2CC(C)SC)cc1. The number of hydrogen-bond acceptors (Lipinski definition) is 4. The number of nitrogens with zero attached hydrogens (tertiary/aromatic N) is 1. The highest BCUT2D eigenvalue weighted by molar-refractivity contribution is 7.99. The van der Waals surface area contributed by atoms with Gasteiger partial charge in [-0.1, -0.05) is 19.1 Å². The molecule has 4 nitrogen and oxygen atoms in total. The van der Waals surface area contributed by atoms with Crippen LogP contribution in [0.2, 0.25) is 0 Å². The summed E-state index contributed by atoms with van der Waals surface area (Å²) in [4.78, 5) is 14.7. The number of nitrogens with one attached hydrogen (secondary N) is 1. The highest BCUT2D eigenvalue weighted by Crippen LogP contribution is 2.46. The van der Waals surface area contributed by atoms with Gasteiger partial charge < -0.3 is 9.64 Å². The predicted molar refractivity (Wildman–Crippen MR) is 85.5 cm³/mol. The smallest absolute Gasteiger partial charge is 0.244 e. The number of carbonyl (C=O) groups excluding carboxylic acids is 1. The minimum Gasteiger partial charge on any atom is -0.497 e. The van der Waals surface area contributed by atoms with Gasteiger partial charge in [0.05, 0.1) is 7.11 Å². The first-order valence-electron chi connectivity index (χ1n) is 7.35. The number of amides is 1. The third-order valence-electron chi connectivity index (χ3n) is 4.43. The van der Waals surface area contributed by atoms with Gasteiger partial charge in [0.25, 0.3) is 0 Å². The minimum absolute atomic E-state index is 0.0134. The van der Waals surface area contributed by atoms with E-state index >= 15 is 0 Å². The van der Waals surface area contributed by atoms with Gasteiger partial charge in [0.2, 0.25) is 5.91 Å². The van der Waals surface area contributed by atoms with Crippen molar-refractivity contribution in [2.24, 2.45) is 0 Å². The lowest BCUT2D eigenvalue weighted by Gasteiger charge is -2.27. The van der Waals surface area contributed by atoms with Gasteiger partial charge in [-0.15, -0.1) is 0 Å². The zero-order chi connectivity index (χ0) is 15.0. The van der Waals surface area contributed by atoms with Crippen molar-refractivity contribution in [3.63, 3.8) is 0 Å². The van der Waals surface area contributed by atoms with E-state index in [4.69, 9.17) is 4.74 Å². The molecule has 114 valence electrons. The molecular weight excluding hydrogens is 284 g/mol. The molecule has 3 rings (SSSR count). The lowest BCUT2D eigenvalue weighted by molar-refractivity contribution is -0.130. The topological polar surface area (TPSA) is 41.6 Å². The van der Waals surface area contributed by atoms with Crippen LogP contribution in [0.25, 0.3) is 0 Å². The zero-order valence-corrected chi connectivity index (χ0v) is 13.6. The number of hydrogen-bond donors (Lipinski definition) is 1. The molecule has 1 spiro atoms. The molecule has 0 bridgehead atoms. The van der Waals surface area contributed by atoms with Gasteiger partial charge in [0, 0.05) is 11.8 Å². The standard InChI is InChI=1S/C16H22N2O2S/c1-11(21-3)10-18-14(17-16(8-9-16)15(18)19)12-4-6-13(20-2)7-5-12/h4-7,11,14,17H,8-10H2,1-3H3. The van der Waals surface area contributed by atoms with Gasteiger partial charge in [0.1, 0.15) is 17.5 Å². The molecule has 1 N–H and O–H groups in total. The highest BCUT2D eigenvalue weighted by Gasteiger charge is 2.59. The lowest BCUT2D eigenvalue weighted by Crippen LogP contribution is -2.36. The summed E-state index contributed by atoms with van der Waals surface area (Å²) in [5.41, 5.74) is 0.851. The Balaban J connectivity index is 1.85. The summed E-state index contributed by atoms with van der Waals surface area (Å²) in [5, 5.41) is 3.99. The average Bonchev–Trinajstić information content (AvgIpc) is 3.25. The maximum atomic E-state index is 12.7. The molecule has 0 aromatic heterocycles. The van der Waals surface area contributed by atoms with Crippen molar-refractivity contribution >= 4 is 17.7 Å². The van der Waals surface area contributed by atoms with Crippen LogP contribution >= 0.6 is 11.8 Å². The number of benzene rings is 1. The Hall–Kier alpha value is -1.20. The maximum absolute atomic E-state index is 12.7. The molecule has 2 atom stereocenters. The van der Waals surface area contributed by atoms with Crippen LogP contribution < -0.4 is 10.1 Å². The third-order valence-corrected chi connectivity index (χ3v) is 5.39. The summed E-state index contributed by atoms with van der Waals surface area (Å²) in [6, 6.07) is 8.00. The molecule has 1 heterocycles. The lowest BCUT2D eigenvalue weighted by atomic mass is 10.1. The predicted octanol–water partition coefficient (Wildman–Crippen LogP) is 2.41. The molecule has 5 heteroatoms. The van der Waals surface area contributed by atoms with E-state index in [1.165, 1.54) is 0 Å². The second-order valence-corrected chi connectivity index (χ2v) is 7.18. The molecule has 1 aromatic carbocycles. The molecule has 2 unspecified atom stereocenters. The molecule has 0 radical (unpaired) electrons. The van der Waals surface area contributed by atoms with E-state index in [2.05, 4.69) is 18.5 Å². The Morgan fingerprint density at radius 2 is 2.10 bits per heavy atom. The first kappa shape index (κ1) is 14.7. The van der Waals surface area contributed by atoms with Crippen LogP contribution in [0.15, 0.2) is 24.3 Å². The van der Waals surface area contributed by atoms with Gasteiger partial charge in [0.15, 0.2) is 0 Å². The second kappa shape index (κ2) is 5.54. The van der Waals surface area contributed by atoms with Crippen LogP contribution in [0.5, 0.6) is 5.75 Å². The van der Waals surface area contributed by atoms with Gasteiger partial charge in [-0.05, 0) is 36.8 Å². The quantitative estimate of drug-likeness (QED) is 0.907. The Kier molecular flexibility index (Phi) is 3.88. The van der Waals surface area contributed by atoms with Gasteiger partial charge in [-0.25, -0.2) is 0 Å². The first-order chi connectivity index (χ1) is 10.1. The monoisotopic (exact) mass is 306 g/mol. The van der Waals surface area contributed by atoms with E-state index in [1.807, 2.05) is 29.2 Å². The summed E-state index contributed by atoms with van der Waals surface area (Å²) in [6.07, 6.45) is 4.00. The number of methoxy groups -OCH3 is 1. The van der Waals surface area contributed by atoms with Gasteiger partial charge >= 0.3 is 0 Å². The van der Waals surface area contributed by atoms with E-state index in [9.17, 15) is 4.79 Å². The van der Waals surface area contributed by atoms with Crippen LogP contribution in [-0.4, -0.2) is 41.5 Å². The zero-order valence-electron chi connectivity index (χ0n) is 12.8. The van der Waals surface area contributed by atoms with Crippen LogP contribution in [0.3, 0.4) is 0 Å². The molecule has 1 aromatic rings. The Labute approximate surface area is 130 Å². The molecular formula is C16H22N2O2S. The summed E-state index contributed by atoms with van der Waals surface area (Å²) in [6.45, 7) is 2.95. The van der Waals surface area contributed by atoms with Crippen molar-refractivity contribution in [1.29, 1.82) is 0 Å². The normalized spacial score (nSPS) is 24.4. The summed E-state index contributed by atoms with van der Waals surface area (Å²) in [7, 11) is 1.66. The van der Waals surface area contributed by atoms with Gasteiger partial charge in [-0.3, -0.25) is 10.1 Å². The molecule has 2 fully saturated rings. The molecule has 1 aliphatic heterocycles. The van der Waals surface area contributed by atoms with Crippen molar-refractivity contribution < 1.29 is 9.53 Å². The summed E-state index contributed by atoms with van der Waals surface area (Å²) >= 11 is 1.80. The van der Waals surface area contributed by atoms with E-state index in [-0.39, 0.29) is 17.6 Å². The number of thioether (sulfide) groups is 1. The fraction of sp³-hybridized carbons (Fsp3) is 0.562. The molecule has 1 amide bonds. The average molecular weight is 306 g/mol. The van der Waals surface area contributed by atoms with Gasteiger partial charge in [-0.2, -0.15) is 11.8 Å². The molecule has 1 aliphatic carbocycles. The Morgan fingerprint density at radius 3 is 2.62 bits per heavy atom. The summed E-state index contributed by atoms with van der Waals surface area (Å²) < 4.78 is 5.21. The number of ether oxygens (including phenoxy) is 1. The minimum atomic E-state index is -0.275. The van der Waals surface area contributed by atoms with Crippen LogP contribution in [0.1, 0.15) is 31.5 Å². The summed E-state index contributed by atoms with van der Waals surface area (Å²) in [5.74, 6) is 1.11. The van der Waals surface area contributed by atoms with E-state index in [0.717, 1.165) is 30.7 Å². The van der Waals surface area contributed by atoms with Crippen molar-refractivity contribution in [3.05, 3.63) is 29.8 Å². The van der Waals surface area contributed by atoms with Crippen molar-refractivity contribution in [2.75, 3.05) is 19.9 Å². The molecule has 1 saturated carbocycles. The molecule has 21 heavy (non-hydrogen) atoms. The van der Waals surface area contributed by atoms with Crippen LogP contribution in [0.4, 0.5) is 0 Å². The fourth-order valence-corrected chi connectivity index (χ4v) is 3.18. The van der Waals surface area contributed by atoms with Crippen LogP contribution in [0, 0.1) is 0 Å².